The Labute approximate surface area is 93.7 Å². The van der Waals surface area contributed by atoms with Gasteiger partial charge in [-0.3, -0.25) is 0 Å². The quantitative estimate of drug-likeness (QED) is 0.579. The molecule has 4 atom stereocenters. The number of aliphatic hydroxyl groups is 1. The Bertz CT molecular complexity index is 325. The molecule has 0 radical (unpaired) electrons. The molecule has 14 heavy (non-hydrogen) atoms. The molecule has 0 aromatic rings. The maximum Gasteiger partial charge on any atom is 0.142 e. The van der Waals surface area contributed by atoms with Crippen molar-refractivity contribution >= 4 is 23.5 Å². The van der Waals surface area contributed by atoms with Gasteiger partial charge in [0.1, 0.15) is 4.93 Å². The fraction of sp³-hybridized carbons (Fsp3) is 0.818. The van der Waals surface area contributed by atoms with E-state index in [1.807, 2.05) is 6.08 Å². The lowest BCUT2D eigenvalue weighted by molar-refractivity contribution is 0.200. The molecule has 1 N–H and O–H groups in total. The fourth-order valence-electron chi connectivity index (χ4n) is 2.47. The zero-order chi connectivity index (χ0) is 10.2. The van der Waals surface area contributed by atoms with Crippen LogP contribution in [0.25, 0.3) is 0 Å². The minimum Gasteiger partial charge on any atom is -0.375 e. The third-order valence-corrected chi connectivity index (χ3v) is 7.69. The summed E-state index contributed by atoms with van der Waals surface area (Å²) in [4.78, 5) is -0.485. The summed E-state index contributed by atoms with van der Waals surface area (Å²) in [7, 11) is 0. The summed E-state index contributed by atoms with van der Waals surface area (Å²) in [6.45, 7) is 6.96. The van der Waals surface area contributed by atoms with E-state index in [-0.39, 0.29) is 0 Å². The number of thioether (sulfide) groups is 2. The van der Waals surface area contributed by atoms with Crippen LogP contribution in [0.1, 0.15) is 27.2 Å². The van der Waals surface area contributed by atoms with Crippen molar-refractivity contribution < 1.29 is 5.11 Å². The van der Waals surface area contributed by atoms with Gasteiger partial charge in [-0.1, -0.05) is 26.8 Å². The highest BCUT2D eigenvalue weighted by Crippen LogP contribution is 2.77. The molecule has 0 saturated carbocycles. The molecule has 0 amide bonds. The van der Waals surface area contributed by atoms with Crippen molar-refractivity contribution in [3.63, 3.8) is 0 Å². The third-order valence-electron chi connectivity index (χ3n) is 4.14. The van der Waals surface area contributed by atoms with Gasteiger partial charge in [0.15, 0.2) is 0 Å². The van der Waals surface area contributed by atoms with Gasteiger partial charge in [-0.05, 0) is 17.9 Å². The molecule has 0 aromatic heterocycles. The van der Waals surface area contributed by atoms with Gasteiger partial charge in [0.2, 0.25) is 0 Å². The molecule has 3 rings (SSSR count). The monoisotopic (exact) mass is 228 g/mol. The van der Waals surface area contributed by atoms with Crippen molar-refractivity contribution in [3.8, 4) is 0 Å². The van der Waals surface area contributed by atoms with Gasteiger partial charge in [-0.25, -0.2) is 0 Å². The lowest BCUT2D eigenvalue weighted by Crippen LogP contribution is -2.37. The van der Waals surface area contributed by atoms with Crippen LogP contribution in [0.15, 0.2) is 12.2 Å². The highest BCUT2D eigenvalue weighted by molar-refractivity contribution is 8.14. The van der Waals surface area contributed by atoms with Crippen LogP contribution in [0, 0.1) is 5.41 Å². The van der Waals surface area contributed by atoms with Gasteiger partial charge in [-0.15, -0.1) is 23.5 Å². The third kappa shape index (κ3) is 0.940. The second kappa shape index (κ2) is 2.38. The molecule has 2 fully saturated rings. The molecule has 0 aromatic carbocycles. The number of hydrogen-bond acceptors (Lipinski definition) is 3. The largest absolute Gasteiger partial charge is 0.375 e. The maximum atomic E-state index is 9.96. The van der Waals surface area contributed by atoms with Crippen molar-refractivity contribution in [1.29, 1.82) is 0 Å². The van der Waals surface area contributed by atoms with Crippen molar-refractivity contribution in [1.82, 2.24) is 0 Å². The van der Waals surface area contributed by atoms with Crippen molar-refractivity contribution in [2.45, 2.75) is 47.4 Å². The van der Waals surface area contributed by atoms with E-state index in [4.69, 9.17) is 0 Å². The first kappa shape index (κ1) is 9.61. The topological polar surface area (TPSA) is 20.2 Å². The van der Waals surface area contributed by atoms with Crippen LogP contribution in [0.2, 0.25) is 0 Å². The average molecular weight is 228 g/mol. The number of rotatable bonds is 2. The Kier molecular flexibility index (Phi) is 1.64. The van der Waals surface area contributed by atoms with E-state index in [9.17, 15) is 5.11 Å². The van der Waals surface area contributed by atoms with Crippen LogP contribution < -0.4 is 0 Å². The molecule has 2 heterocycles. The van der Waals surface area contributed by atoms with Crippen LogP contribution >= 0.6 is 23.5 Å². The number of fused-ring (bicyclic) bond motifs is 3. The zero-order valence-electron chi connectivity index (χ0n) is 8.78. The molecular weight excluding hydrogens is 212 g/mol. The highest BCUT2D eigenvalue weighted by Gasteiger charge is 2.75. The van der Waals surface area contributed by atoms with Crippen LogP contribution in [-0.2, 0) is 0 Å². The molecule has 1 aliphatic carbocycles. The van der Waals surface area contributed by atoms with E-state index >= 15 is 0 Å². The van der Waals surface area contributed by atoms with E-state index in [2.05, 4.69) is 38.6 Å². The van der Waals surface area contributed by atoms with E-state index in [0.717, 1.165) is 0 Å². The van der Waals surface area contributed by atoms with E-state index in [1.54, 1.807) is 11.8 Å². The maximum absolute atomic E-state index is 9.96. The standard InChI is InChI=1S/C11H16OS2/c1-4-9(2,3)10-5-6-11(12)8(14-11)7(10)13-10/h5-8,12H,4H2,1-3H3. The summed E-state index contributed by atoms with van der Waals surface area (Å²) in [5, 5.41) is 11.1. The Hall–Kier alpha value is 0.400. The summed E-state index contributed by atoms with van der Waals surface area (Å²) in [6.07, 6.45) is 5.52. The highest BCUT2D eigenvalue weighted by atomic mass is 32.2. The van der Waals surface area contributed by atoms with Crippen LogP contribution in [0.5, 0.6) is 0 Å². The predicted molar refractivity (Wildman–Crippen MR) is 63.7 cm³/mol. The summed E-state index contributed by atoms with van der Waals surface area (Å²) in [5.74, 6) is 0. The first-order valence-electron chi connectivity index (χ1n) is 5.24. The summed E-state index contributed by atoms with van der Waals surface area (Å²) < 4.78 is 0.335. The molecule has 0 spiro atoms. The minimum absolute atomic E-state index is 0.335. The van der Waals surface area contributed by atoms with Gasteiger partial charge in [0.25, 0.3) is 0 Å². The molecule has 2 saturated heterocycles. The zero-order valence-corrected chi connectivity index (χ0v) is 10.4. The smallest absolute Gasteiger partial charge is 0.142 e. The predicted octanol–water partition coefficient (Wildman–Crippen LogP) is 2.65. The van der Waals surface area contributed by atoms with E-state index in [1.165, 1.54) is 6.42 Å². The summed E-state index contributed by atoms with van der Waals surface area (Å²) >= 11 is 3.78. The lowest BCUT2D eigenvalue weighted by Gasteiger charge is -2.32. The Morgan fingerprint density at radius 1 is 1.29 bits per heavy atom. The van der Waals surface area contributed by atoms with Crippen LogP contribution in [-0.4, -0.2) is 25.3 Å². The summed E-state index contributed by atoms with van der Waals surface area (Å²) in [6, 6.07) is 0. The molecular formula is C11H16OS2. The van der Waals surface area contributed by atoms with Gasteiger partial charge < -0.3 is 5.11 Å². The first-order valence-corrected chi connectivity index (χ1v) is 6.99. The normalized spacial score (nSPS) is 53.7. The molecule has 3 heteroatoms. The van der Waals surface area contributed by atoms with Gasteiger partial charge >= 0.3 is 0 Å². The van der Waals surface area contributed by atoms with Crippen LogP contribution in [0.3, 0.4) is 0 Å². The van der Waals surface area contributed by atoms with Crippen molar-refractivity contribution in [2.75, 3.05) is 0 Å². The molecule has 0 bridgehead atoms. The molecule has 78 valence electrons. The first-order chi connectivity index (χ1) is 6.45. The SMILES string of the molecule is CCC(C)(C)C12C=CC3(O)SC3C1S2. The van der Waals surface area contributed by atoms with Gasteiger partial charge in [0.05, 0.1) is 10.00 Å². The Morgan fingerprint density at radius 3 is 2.64 bits per heavy atom. The summed E-state index contributed by atoms with van der Waals surface area (Å²) in [5.41, 5.74) is 0.364. The second-order valence-electron chi connectivity index (χ2n) is 5.19. The fourth-order valence-corrected chi connectivity index (χ4v) is 5.84. The molecule has 2 aliphatic heterocycles. The Balaban J connectivity index is 1.94. The number of hydrogen-bond donors (Lipinski definition) is 1. The lowest BCUT2D eigenvalue weighted by atomic mass is 9.72. The van der Waals surface area contributed by atoms with Crippen molar-refractivity contribution in [2.24, 2.45) is 5.41 Å². The Morgan fingerprint density at radius 2 is 2.00 bits per heavy atom. The van der Waals surface area contributed by atoms with Crippen molar-refractivity contribution in [3.05, 3.63) is 12.2 Å². The van der Waals surface area contributed by atoms with Gasteiger partial charge in [-0.2, -0.15) is 0 Å². The minimum atomic E-state index is -0.485. The van der Waals surface area contributed by atoms with Gasteiger partial charge in [0, 0.05) is 5.25 Å². The molecule has 1 nitrogen and oxygen atoms in total. The average Bonchev–Trinajstić information content (AvgIpc) is 2.94. The van der Waals surface area contributed by atoms with Crippen LogP contribution in [0.4, 0.5) is 0 Å². The van der Waals surface area contributed by atoms with E-state index < -0.39 is 4.93 Å². The molecule has 3 aliphatic rings. The second-order valence-corrected chi connectivity index (χ2v) is 8.01. The van der Waals surface area contributed by atoms with E-state index in [0.29, 0.717) is 20.7 Å². The molecule has 4 unspecified atom stereocenters.